The van der Waals surface area contributed by atoms with E-state index < -0.39 is 22.3 Å². The molecule has 3 heterocycles. The number of aromatic nitrogens is 2. The minimum Gasteiger partial charge on any atom is -0.393 e. The van der Waals surface area contributed by atoms with Crippen LogP contribution >= 0.6 is 22.9 Å². The first-order valence-corrected chi connectivity index (χ1v) is 15.2. The summed E-state index contributed by atoms with van der Waals surface area (Å²) in [5, 5.41) is 19.2. The molecule has 5 rings (SSSR count). The van der Waals surface area contributed by atoms with Gasteiger partial charge in [-0.05, 0) is 68.1 Å². The van der Waals surface area contributed by atoms with Crippen LogP contribution in [-0.4, -0.2) is 66.5 Å². The van der Waals surface area contributed by atoms with Crippen LogP contribution in [0.2, 0.25) is 5.02 Å². The Morgan fingerprint density at radius 3 is 2.87 bits per heavy atom. The number of carbonyl (C=O) groups excluding carboxylic acids is 1. The van der Waals surface area contributed by atoms with Crippen molar-refractivity contribution >= 4 is 44.8 Å². The number of benzene rings is 1. The highest BCUT2D eigenvalue weighted by molar-refractivity contribution is 7.84. The second-order valence-electron chi connectivity index (χ2n) is 10.1. The highest BCUT2D eigenvalue weighted by Crippen LogP contribution is 2.40. The number of hydrogen-bond donors (Lipinski definition) is 3. The van der Waals surface area contributed by atoms with E-state index in [-0.39, 0.29) is 24.5 Å². The first kappa shape index (κ1) is 28.1. The van der Waals surface area contributed by atoms with Crippen molar-refractivity contribution in [3.8, 4) is 0 Å². The second kappa shape index (κ2) is 11.2. The van der Waals surface area contributed by atoms with Crippen molar-refractivity contribution in [1.82, 2.24) is 14.9 Å². The van der Waals surface area contributed by atoms with Gasteiger partial charge < -0.3 is 10.4 Å². The van der Waals surface area contributed by atoms with Crippen molar-refractivity contribution in [1.29, 1.82) is 0 Å². The molecular weight excluding hydrogens is 562 g/mol. The number of anilines is 1. The Bertz CT molecular complexity index is 1500. The van der Waals surface area contributed by atoms with Gasteiger partial charge in [-0.1, -0.05) is 17.7 Å². The number of aliphatic hydroxyl groups is 1. The topological polar surface area (TPSA) is 148 Å². The van der Waals surface area contributed by atoms with Crippen LogP contribution in [-0.2, 0) is 20.9 Å². The van der Waals surface area contributed by atoms with Gasteiger partial charge in [0.1, 0.15) is 12.1 Å². The average Bonchev–Trinajstić information content (AvgIpc) is 3.43. The number of aryl methyl sites for hydroxylation is 1. The minimum atomic E-state index is -4.10. The van der Waals surface area contributed by atoms with Gasteiger partial charge in [0.25, 0.3) is 0 Å². The molecule has 0 bridgehead atoms. The summed E-state index contributed by atoms with van der Waals surface area (Å²) in [5.74, 6) is -0.261. The van der Waals surface area contributed by atoms with Crippen LogP contribution < -0.4 is 10.5 Å². The SMILES string of the molecule is Cc1sc(C(=O)c2cncnc2N[C@@H]2C[C@H](COS(N)(=O)=O)[C@@H](O)C2)cc1C1c2cc(Cl)ccc2CCN1C. The van der Waals surface area contributed by atoms with Crippen LogP contribution in [0.5, 0.6) is 0 Å². The van der Waals surface area contributed by atoms with Gasteiger partial charge in [0.15, 0.2) is 0 Å². The fourth-order valence-electron chi connectivity index (χ4n) is 5.51. The first-order chi connectivity index (χ1) is 18.5. The molecule has 0 amide bonds. The highest BCUT2D eigenvalue weighted by atomic mass is 35.5. The zero-order chi connectivity index (χ0) is 27.9. The van der Waals surface area contributed by atoms with Gasteiger partial charge in [0, 0.05) is 34.6 Å². The molecule has 208 valence electrons. The van der Waals surface area contributed by atoms with Gasteiger partial charge in [0.2, 0.25) is 5.78 Å². The van der Waals surface area contributed by atoms with E-state index in [2.05, 4.69) is 37.5 Å². The summed E-state index contributed by atoms with van der Waals surface area (Å²) in [7, 11) is -2.02. The maximum atomic E-state index is 13.7. The highest BCUT2D eigenvalue weighted by Gasteiger charge is 2.35. The number of aliphatic hydroxyl groups excluding tert-OH is 1. The molecule has 1 aromatic carbocycles. The molecule has 1 aliphatic carbocycles. The van der Waals surface area contributed by atoms with Crippen molar-refractivity contribution < 1.29 is 22.5 Å². The number of halogens is 1. The molecule has 0 spiro atoms. The zero-order valence-corrected chi connectivity index (χ0v) is 23.9. The van der Waals surface area contributed by atoms with Crippen molar-refractivity contribution in [2.24, 2.45) is 11.1 Å². The molecule has 4 atom stereocenters. The monoisotopic (exact) mass is 591 g/mol. The van der Waals surface area contributed by atoms with Gasteiger partial charge in [-0.2, -0.15) is 8.42 Å². The molecule has 1 saturated carbocycles. The van der Waals surface area contributed by atoms with E-state index in [1.807, 2.05) is 25.1 Å². The molecule has 13 heteroatoms. The Hall–Kier alpha value is -2.45. The molecule has 0 saturated heterocycles. The van der Waals surface area contributed by atoms with E-state index in [0.717, 1.165) is 29.0 Å². The summed E-state index contributed by atoms with van der Waals surface area (Å²) >= 11 is 7.78. The van der Waals surface area contributed by atoms with Crippen molar-refractivity contribution in [3.05, 3.63) is 73.8 Å². The molecule has 0 radical (unpaired) electrons. The van der Waals surface area contributed by atoms with E-state index in [4.69, 9.17) is 16.7 Å². The predicted molar refractivity (Wildman–Crippen MR) is 149 cm³/mol. The molecule has 2 aliphatic rings. The summed E-state index contributed by atoms with van der Waals surface area (Å²) in [6.45, 7) is 2.71. The summed E-state index contributed by atoms with van der Waals surface area (Å²) in [5.41, 5.74) is 3.80. The van der Waals surface area contributed by atoms with E-state index in [9.17, 15) is 18.3 Å². The Balaban J connectivity index is 1.37. The van der Waals surface area contributed by atoms with Crippen molar-refractivity contribution in [2.45, 2.75) is 44.4 Å². The van der Waals surface area contributed by atoms with Gasteiger partial charge in [-0.3, -0.25) is 13.9 Å². The number of fused-ring (bicyclic) bond motifs is 1. The first-order valence-electron chi connectivity index (χ1n) is 12.6. The van der Waals surface area contributed by atoms with E-state index in [1.54, 1.807) is 0 Å². The molecular formula is C26H30ClN5O5S2. The summed E-state index contributed by atoms with van der Waals surface area (Å²) in [6.07, 6.45) is 3.77. The van der Waals surface area contributed by atoms with Gasteiger partial charge >= 0.3 is 10.3 Å². The Labute approximate surface area is 236 Å². The molecule has 10 nitrogen and oxygen atoms in total. The number of carbonyl (C=O) groups is 1. The van der Waals surface area contributed by atoms with Gasteiger partial charge in [-0.25, -0.2) is 15.1 Å². The maximum Gasteiger partial charge on any atom is 0.333 e. The number of ketones is 1. The number of nitrogens with zero attached hydrogens (tertiary/aromatic N) is 3. The lowest BCUT2D eigenvalue weighted by Gasteiger charge is -2.35. The van der Waals surface area contributed by atoms with Gasteiger partial charge in [-0.15, -0.1) is 11.3 Å². The Kier molecular flexibility index (Phi) is 8.07. The fraction of sp³-hybridized carbons (Fsp3) is 0.423. The van der Waals surface area contributed by atoms with E-state index >= 15 is 0 Å². The minimum absolute atomic E-state index is 0.00803. The maximum absolute atomic E-state index is 13.7. The Morgan fingerprint density at radius 1 is 1.31 bits per heavy atom. The number of thiophene rings is 1. The second-order valence-corrected chi connectivity index (χ2v) is 13.0. The molecule has 1 fully saturated rings. The van der Waals surface area contributed by atoms with Gasteiger partial charge in [0.05, 0.1) is 29.2 Å². The van der Waals surface area contributed by atoms with Crippen molar-refractivity contribution in [3.63, 3.8) is 0 Å². The quantitative estimate of drug-likeness (QED) is 0.336. The summed E-state index contributed by atoms with van der Waals surface area (Å²) in [4.78, 5) is 26.0. The third-order valence-electron chi connectivity index (χ3n) is 7.45. The third kappa shape index (κ3) is 6.17. The third-order valence-corrected chi connectivity index (χ3v) is 9.22. The van der Waals surface area contributed by atoms with Crippen LogP contribution in [0.1, 0.15) is 55.7 Å². The lowest BCUT2D eigenvalue weighted by atomic mass is 9.88. The lowest BCUT2D eigenvalue weighted by Crippen LogP contribution is -2.33. The Morgan fingerprint density at radius 2 is 2.10 bits per heavy atom. The number of nitrogens with two attached hydrogens (primary N) is 1. The van der Waals surface area contributed by atoms with Crippen LogP contribution in [0.15, 0.2) is 36.8 Å². The van der Waals surface area contributed by atoms with Crippen LogP contribution in [0, 0.1) is 12.8 Å². The molecule has 1 unspecified atom stereocenters. The number of likely N-dealkylation sites (N-methyl/N-ethyl adjacent to an activating group) is 1. The van der Waals surface area contributed by atoms with Crippen LogP contribution in [0.25, 0.3) is 0 Å². The molecule has 2 aromatic heterocycles. The number of hydrogen-bond acceptors (Lipinski definition) is 10. The molecule has 3 aromatic rings. The standard InChI is InChI=1S/C26H30ClN5O5S2/c1-14-19(24-20-8-17(27)4-3-15(20)5-6-32(24)2)10-23(38-14)25(34)21-11-29-13-30-26(21)31-18-7-16(22(33)9-18)12-37-39(28,35)36/h3-4,8,10-11,13,16,18,22,24,33H,5-7,9,12H2,1-2H3,(H2,28,35,36)(H,29,30,31)/t16-,18-,22+,24?/m1/s1. The lowest BCUT2D eigenvalue weighted by molar-refractivity contribution is 0.101. The summed E-state index contributed by atoms with van der Waals surface area (Å²) in [6, 6.07) is 7.72. The average molecular weight is 592 g/mol. The summed E-state index contributed by atoms with van der Waals surface area (Å²) < 4.78 is 27.0. The van der Waals surface area contributed by atoms with Crippen LogP contribution in [0.3, 0.4) is 0 Å². The number of nitrogens with one attached hydrogen (secondary N) is 1. The fourth-order valence-corrected chi connectivity index (χ4v) is 7.07. The normalized spacial score (nSPS) is 23.5. The zero-order valence-electron chi connectivity index (χ0n) is 21.5. The van der Waals surface area contributed by atoms with Crippen molar-refractivity contribution in [2.75, 3.05) is 25.5 Å². The van der Waals surface area contributed by atoms with Crippen LogP contribution in [0.4, 0.5) is 5.82 Å². The smallest absolute Gasteiger partial charge is 0.333 e. The predicted octanol–water partition coefficient (Wildman–Crippen LogP) is 3.08. The molecule has 1 aliphatic heterocycles. The molecule has 4 N–H and O–H groups in total. The largest absolute Gasteiger partial charge is 0.393 e. The van der Waals surface area contributed by atoms with E-state index in [1.165, 1.54) is 29.4 Å². The number of rotatable bonds is 8. The van der Waals surface area contributed by atoms with E-state index in [0.29, 0.717) is 34.1 Å². The molecule has 39 heavy (non-hydrogen) atoms.